The van der Waals surface area contributed by atoms with Crippen molar-refractivity contribution in [2.75, 3.05) is 13.6 Å². The Balaban J connectivity index is 2.08. The van der Waals surface area contributed by atoms with E-state index in [1.54, 1.807) is 19.2 Å². The van der Waals surface area contributed by atoms with E-state index < -0.39 is 10.0 Å². The highest BCUT2D eigenvalue weighted by Gasteiger charge is 2.31. The van der Waals surface area contributed by atoms with Crippen LogP contribution in [-0.2, 0) is 10.0 Å². The van der Waals surface area contributed by atoms with Gasteiger partial charge in [0.1, 0.15) is 0 Å². The van der Waals surface area contributed by atoms with Crippen molar-refractivity contribution in [2.45, 2.75) is 29.5 Å². The zero-order valence-electron chi connectivity index (χ0n) is 10.6. The predicted molar refractivity (Wildman–Crippen MR) is 76.4 cm³/mol. The molecule has 1 aromatic carbocycles. The van der Waals surface area contributed by atoms with Crippen molar-refractivity contribution in [1.82, 2.24) is 4.31 Å². The van der Waals surface area contributed by atoms with Crippen LogP contribution in [0, 0.1) is 12.8 Å². The molecule has 5 heteroatoms. The molecule has 1 aliphatic rings. The number of rotatable bonds is 4. The first-order valence-electron chi connectivity index (χ1n) is 6.06. The number of hydrogen-bond donors (Lipinski definition) is 0. The number of hydrogen-bond acceptors (Lipinski definition) is 2. The van der Waals surface area contributed by atoms with Crippen LogP contribution in [0.5, 0.6) is 0 Å². The van der Waals surface area contributed by atoms with Gasteiger partial charge in [-0.15, -0.1) is 0 Å². The number of nitrogens with zero attached hydrogens (tertiary/aromatic N) is 1. The molecule has 1 aromatic rings. The molecule has 0 amide bonds. The van der Waals surface area contributed by atoms with Gasteiger partial charge in [-0.05, 0) is 37.8 Å². The maximum atomic E-state index is 12.3. The van der Waals surface area contributed by atoms with Crippen molar-refractivity contribution in [3.05, 3.63) is 29.8 Å². The first kappa shape index (κ1) is 14.0. The Kier molecular flexibility index (Phi) is 4.14. The molecular weight excluding hydrogens is 314 g/mol. The highest BCUT2D eigenvalue weighted by Crippen LogP contribution is 2.34. The second-order valence-corrected chi connectivity index (χ2v) is 8.37. The predicted octanol–water partition coefficient (Wildman–Crippen LogP) is 2.79. The average Bonchev–Trinajstić information content (AvgIpc) is 2.27. The molecule has 0 saturated heterocycles. The summed E-state index contributed by atoms with van der Waals surface area (Å²) < 4.78 is 26.1. The maximum Gasteiger partial charge on any atom is 0.242 e. The summed E-state index contributed by atoms with van der Waals surface area (Å²) in [6.07, 6.45) is 2.13. The molecule has 2 rings (SSSR count). The van der Waals surface area contributed by atoms with Crippen molar-refractivity contribution in [1.29, 1.82) is 0 Å². The normalized spacial score (nSPS) is 24.0. The Morgan fingerprint density at radius 3 is 2.33 bits per heavy atom. The molecule has 0 heterocycles. The van der Waals surface area contributed by atoms with Crippen molar-refractivity contribution in [2.24, 2.45) is 5.92 Å². The van der Waals surface area contributed by atoms with Gasteiger partial charge in [0.2, 0.25) is 10.0 Å². The molecule has 3 nitrogen and oxygen atoms in total. The van der Waals surface area contributed by atoms with E-state index in [1.165, 1.54) is 4.31 Å². The van der Waals surface area contributed by atoms with Crippen LogP contribution in [0.15, 0.2) is 29.2 Å². The summed E-state index contributed by atoms with van der Waals surface area (Å²) in [5.41, 5.74) is 1.07. The van der Waals surface area contributed by atoms with E-state index in [9.17, 15) is 8.42 Å². The summed E-state index contributed by atoms with van der Waals surface area (Å²) >= 11 is 3.53. The Labute approximate surface area is 117 Å². The van der Waals surface area contributed by atoms with Crippen LogP contribution in [0.4, 0.5) is 0 Å². The first-order valence-corrected chi connectivity index (χ1v) is 8.42. The van der Waals surface area contributed by atoms with Gasteiger partial charge >= 0.3 is 0 Å². The van der Waals surface area contributed by atoms with Gasteiger partial charge in [0, 0.05) is 18.4 Å². The summed E-state index contributed by atoms with van der Waals surface area (Å²) in [7, 11) is -1.66. The SMILES string of the molecule is Cc1ccc(S(=O)(=O)N(C)CC2CC(Br)C2)cc1. The molecule has 0 N–H and O–H groups in total. The van der Waals surface area contributed by atoms with Crippen LogP contribution in [0.25, 0.3) is 0 Å². The summed E-state index contributed by atoms with van der Waals surface area (Å²) in [6.45, 7) is 2.56. The summed E-state index contributed by atoms with van der Waals surface area (Å²) in [5.74, 6) is 0.486. The Bertz CT molecular complexity index is 506. The summed E-state index contributed by atoms with van der Waals surface area (Å²) in [6, 6.07) is 7.02. The zero-order chi connectivity index (χ0) is 13.3. The maximum absolute atomic E-state index is 12.3. The monoisotopic (exact) mass is 331 g/mol. The molecule has 1 aliphatic carbocycles. The fourth-order valence-electron chi connectivity index (χ4n) is 2.16. The smallest absolute Gasteiger partial charge is 0.207 e. The highest BCUT2D eigenvalue weighted by atomic mass is 79.9. The molecule has 0 spiro atoms. The number of sulfonamides is 1. The molecule has 18 heavy (non-hydrogen) atoms. The van der Waals surface area contributed by atoms with Crippen LogP contribution in [-0.4, -0.2) is 31.1 Å². The lowest BCUT2D eigenvalue weighted by molar-refractivity contribution is 0.275. The third-order valence-corrected chi connectivity index (χ3v) is 6.01. The van der Waals surface area contributed by atoms with Crippen molar-refractivity contribution in [3.8, 4) is 0 Å². The molecule has 0 unspecified atom stereocenters. The van der Waals surface area contributed by atoms with Crippen LogP contribution < -0.4 is 0 Å². The fourth-order valence-corrected chi connectivity index (χ4v) is 4.46. The average molecular weight is 332 g/mol. The van der Waals surface area contributed by atoms with Gasteiger partial charge in [0.25, 0.3) is 0 Å². The lowest BCUT2D eigenvalue weighted by Gasteiger charge is -2.34. The largest absolute Gasteiger partial charge is 0.242 e. The van der Waals surface area contributed by atoms with E-state index in [0.29, 0.717) is 22.2 Å². The Morgan fingerprint density at radius 1 is 1.28 bits per heavy atom. The van der Waals surface area contributed by atoms with E-state index in [2.05, 4.69) is 15.9 Å². The van der Waals surface area contributed by atoms with Crippen molar-refractivity contribution >= 4 is 26.0 Å². The van der Waals surface area contributed by atoms with Gasteiger partial charge in [0.05, 0.1) is 4.90 Å². The molecule has 0 aliphatic heterocycles. The lowest BCUT2D eigenvalue weighted by atomic mass is 9.85. The van der Waals surface area contributed by atoms with E-state index in [1.807, 2.05) is 19.1 Å². The van der Waals surface area contributed by atoms with Gasteiger partial charge in [-0.1, -0.05) is 33.6 Å². The van der Waals surface area contributed by atoms with Gasteiger partial charge < -0.3 is 0 Å². The van der Waals surface area contributed by atoms with E-state index >= 15 is 0 Å². The van der Waals surface area contributed by atoms with Gasteiger partial charge in [-0.3, -0.25) is 0 Å². The molecular formula is C13H18BrNO2S. The summed E-state index contributed by atoms with van der Waals surface area (Å²) in [5, 5.41) is 0. The third kappa shape index (κ3) is 2.95. The van der Waals surface area contributed by atoms with Crippen LogP contribution >= 0.6 is 15.9 Å². The standard InChI is InChI=1S/C13H18BrNO2S/c1-10-3-5-13(6-4-10)18(16,17)15(2)9-11-7-12(14)8-11/h3-6,11-12H,7-9H2,1-2H3. The molecule has 0 atom stereocenters. The third-order valence-electron chi connectivity index (χ3n) is 3.42. The Hall–Kier alpha value is -0.390. The van der Waals surface area contributed by atoms with Crippen LogP contribution in [0.3, 0.4) is 0 Å². The van der Waals surface area contributed by atoms with Crippen molar-refractivity contribution in [3.63, 3.8) is 0 Å². The molecule has 100 valence electrons. The summed E-state index contributed by atoms with van der Waals surface area (Å²) in [4.78, 5) is 0.947. The molecule has 0 aromatic heterocycles. The highest BCUT2D eigenvalue weighted by molar-refractivity contribution is 9.09. The van der Waals surface area contributed by atoms with E-state index in [0.717, 1.165) is 18.4 Å². The first-order chi connectivity index (χ1) is 8.39. The van der Waals surface area contributed by atoms with Crippen molar-refractivity contribution < 1.29 is 8.42 Å². The van der Waals surface area contributed by atoms with Gasteiger partial charge in [-0.25, -0.2) is 12.7 Å². The minimum Gasteiger partial charge on any atom is -0.207 e. The molecule has 1 saturated carbocycles. The van der Waals surface area contributed by atoms with E-state index in [4.69, 9.17) is 0 Å². The number of alkyl halides is 1. The van der Waals surface area contributed by atoms with Gasteiger partial charge in [-0.2, -0.15) is 0 Å². The quantitative estimate of drug-likeness (QED) is 0.795. The second-order valence-electron chi connectivity index (χ2n) is 5.03. The molecule has 1 fully saturated rings. The lowest BCUT2D eigenvalue weighted by Crippen LogP contribution is -2.37. The number of halogens is 1. The fraction of sp³-hybridized carbons (Fsp3) is 0.538. The molecule has 0 bridgehead atoms. The molecule has 0 radical (unpaired) electrons. The van der Waals surface area contributed by atoms with E-state index in [-0.39, 0.29) is 0 Å². The Morgan fingerprint density at radius 2 is 1.83 bits per heavy atom. The minimum atomic E-state index is -3.33. The second kappa shape index (κ2) is 5.31. The van der Waals surface area contributed by atoms with Crippen LogP contribution in [0.1, 0.15) is 18.4 Å². The van der Waals surface area contributed by atoms with Gasteiger partial charge in [0.15, 0.2) is 0 Å². The zero-order valence-corrected chi connectivity index (χ0v) is 13.0. The number of aryl methyl sites for hydroxylation is 1. The minimum absolute atomic E-state index is 0.380. The van der Waals surface area contributed by atoms with Crippen LogP contribution in [0.2, 0.25) is 0 Å². The number of benzene rings is 1. The topological polar surface area (TPSA) is 37.4 Å².